The first-order valence-corrected chi connectivity index (χ1v) is 8.42. The van der Waals surface area contributed by atoms with Gasteiger partial charge in [0.25, 0.3) is 5.91 Å². The van der Waals surface area contributed by atoms with Gasteiger partial charge in [-0.15, -0.1) is 0 Å². The highest BCUT2D eigenvalue weighted by Crippen LogP contribution is 2.30. The van der Waals surface area contributed by atoms with Gasteiger partial charge in [-0.3, -0.25) is 4.79 Å². The van der Waals surface area contributed by atoms with Crippen molar-refractivity contribution in [2.75, 3.05) is 19.6 Å². The maximum absolute atomic E-state index is 13.1. The normalized spacial score (nSPS) is 18.5. The Labute approximate surface area is 143 Å². The SMILES string of the molecule is Cc1c(C(=O)N(CC(C)(C)C)[C@H]2CCNC2)ccc(Cl)c1Cl. The quantitative estimate of drug-likeness (QED) is 0.894. The summed E-state index contributed by atoms with van der Waals surface area (Å²) < 4.78 is 0. The van der Waals surface area contributed by atoms with Crippen LogP contribution in [0.1, 0.15) is 43.1 Å². The molecule has 3 nitrogen and oxygen atoms in total. The van der Waals surface area contributed by atoms with Crippen LogP contribution >= 0.6 is 23.2 Å². The van der Waals surface area contributed by atoms with Gasteiger partial charge >= 0.3 is 0 Å². The molecule has 5 heteroatoms. The van der Waals surface area contributed by atoms with Gasteiger partial charge in [0.2, 0.25) is 0 Å². The first-order chi connectivity index (χ1) is 10.2. The van der Waals surface area contributed by atoms with Gasteiger partial charge in [0.15, 0.2) is 0 Å². The molecule has 1 aromatic carbocycles. The molecule has 1 amide bonds. The van der Waals surface area contributed by atoms with Crippen molar-refractivity contribution in [3.8, 4) is 0 Å². The zero-order valence-electron chi connectivity index (χ0n) is 13.7. The Balaban J connectivity index is 2.34. The molecular weight excluding hydrogens is 319 g/mol. The third kappa shape index (κ3) is 3.95. The van der Waals surface area contributed by atoms with Crippen molar-refractivity contribution < 1.29 is 4.79 Å². The van der Waals surface area contributed by atoms with E-state index in [1.807, 2.05) is 11.8 Å². The van der Waals surface area contributed by atoms with E-state index in [4.69, 9.17) is 23.2 Å². The second-order valence-corrected chi connectivity index (χ2v) is 7.96. The average Bonchev–Trinajstić information content (AvgIpc) is 2.95. The van der Waals surface area contributed by atoms with Crippen molar-refractivity contribution in [3.63, 3.8) is 0 Å². The average molecular weight is 343 g/mol. The second kappa shape index (κ2) is 6.77. The van der Waals surface area contributed by atoms with Gasteiger partial charge in [0.1, 0.15) is 0 Å². The van der Waals surface area contributed by atoms with E-state index >= 15 is 0 Å². The largest absolute Gasteiger partial charge is 0.334 e. The molecule has 22 heavy (non-hydrogen) atoms. The van der Waals surface area contributed by atoms with Crippen LogP contribution in [-0.2, 0) is 0 Å². The monoisotopic (exact) mass is 342 g/mol. The molecule has 1 aliphatic rings. The number of hydrogen-bond acceptors (Lipinski definition) is 2. The van der Waals surface area contributed by atoms with Crippen molar-refractivity contribution in [2.45, 2.75) is 40.2 Å². The third-order valence-electron chi connectivity index (χ3n) is 3.95. The van der Waals surface area contributed by atoms with Crippen LogP contribution < -0.4 is 5.32 Å². The molecule has 1 aromatic rings. The molecule has 1 fully saturated rings. The lowest BCUT2D eigenvalue weighted by Crippen LogP contribution is -2.46. The van der Waals surface area contributed by atoms with Gasteiger partial charge < -0.3 is 10.2 Å². The zero-order chi connectivity index (χ0) is 16.5. The highest BCUT2D eigenvalue weighted by atomic mass is 35.5. The number of rotatable bonds is 3. The lowest BCUT2D eigenvalue weighted by atomic mass is 9.94. The van der Waals surface area contributed by atoms with Gasteiger partial charge in [-0.05, 0) is 43.0 Å². The number of nitrogens with one attached hydrogen (secondary N) is 1. The van der Waals surface area contributed by atoms with Crippen LogP contribution in [0.3, 0.4) is 0 Å². The summed E-state index contributed by atoms with van der Waals surface area (Å²) >= 11 is 12.2. The van der Waals surface area contributed by atoms with Crippen molar-refractivity contribution >= 4 is 29.1 Å². The van der Waals surface area contributed by atoms with Crippen LogP contribution in [-0.4, -0.2) is 36.5 Å². The Hall–Kier alpha value is -0.770. The number of nitrogens with zero attached hydrogens (tertiary/aromatic N) is 1. The summed E-state index contributed by atoms with van der Waals surface area (Å²) in [5, 5.41) is 4.29. The molecule has 2 rings (SSSR count). The van der Waals surface area contributed by atoms with Crippen molar-refractivity contribution in [1.29, 1.82) is 0 Å². The summed E-state index contributed by atoms with van der Waals surface area (Å²) in [5.41, 5.74) is 1.44. The first kappa shape index (κ1) is 17.6. The summed E-state index contributed by atoms with van der Waals surface area (Å²) in [5.74, 6) is 0.0414. The van der Waals surface area contributed by atoms with E-state index in [0.29, 0.717) is 15.6 Å². The molecule has 1 atom stereocenters. The van der Waals surface area contributed by atoms with Gasteiger partial charge in [0.05, 0.1) is 10.0 Å². The lowest BCUT2D eigenvalue weighted by Gasteiger charge is -2.35. The van der Waals surface area contributed by atoms with Crippen LogP contribution in [0.4, 0.5) is 0 Å². The van der Waals surface area contributed by atoms with Crippen LogP contribution in [0.25, 0.3) is 0 Å². The van der Waals surface area contributed by atoms with E-state index in [1.54, 1.807) is 12.1 Å². The highest BCUT2D eigenvalue weighted by molar-refractivity contribution is 6.42. The standard InChI is InChI=1S/C17H24Cl2N2O/c1-11-13(5-6-14(18)15(11)19)16(22)21(10-17(2,3)4)12-7-8-20-9-12/h5-6,12,20H,7-10H2,1-4H3/t12-/m0/s1. The van der Waals surface area contributed by atoms with Gasteiger partial charge in [-0.2, -0.15) is 0 Å². The van der Waals surface area contributed by atoms with E-state index in [0.717, 1.165) is 31.6 Å². The van der Waals surface area contributed by atoms with Crippen LogP contribution in [0.2, 0.25) is 10.0 Å². The Morgan fingerprint density at radius 2 is 2.05 bits per heavy atom. The van der Waals surface area contributed by atoms with Crippen molar-refractivity contribution in [1.82, 2.24) is 10.2 Å². The molecule has 0 saturated carbocycles. The molecule has 122 valence electrons. The smallest absolute Gasteiger partial charge is 0.254 e. The van der Waals surface area contributed by atoms with E-state index in [-0.39, 0.29) is 17.4 Å². The summed E-state index contributed by atoms with van der Waals surface area (Å²) in [6.07, 6.45) is 0.988. The minimum Gasteiger partial charge on any atom is -0.334 e. The fourth-order valence-corrected chi connectivity index (χ4v) is 3.19. The fraction of sp³-hybridized carbons (Fsp3) is 0.588. The minimum absolute atomic E-state index is 0.0414. The molecule has 0 radical (unpaired) electrons. The molecule has 1 heterocycles. The second-order valence-electron chi connectivity index (χ2n) is 7.17. The Morgan fingerprint density at radius 3 is 2.59 bits per heavy atom. The Morgan fingerprint density at radius 1 is 1.36 bits per heavy atom. The number of hydrogen-bond donors (Lipinski definition) is 1. The minimum atomic E-state index is 0.0414. The van der Waals surface area contributed by atoms with Crippen LogP contribution in [0, 0.1) is 12.3 Å². The van der Waals surface area contributed by atoms with Crippen molar-refractivity contribution in [2.24, 2.45) is 5.41 Å². The number of benzene rings is 1. The Bertz CT molecular complexity index is 561. The molecule has 1 N–H and O–H groups in total. The number of carbonyl (C=O) groups excluding carboxylic acids is 1. The number of carbonyl (C=O) groups is 1. The molecule has 0 unspecified atom stereocenters. The highest BCUT2D eigenvalue weighted by Gasteiger charge is 2.31. The van der Waals surface area contributed by atoms with E-state index in [2.05, 4.69) is 26.1 Å². The van der Waals surface area contributed by atoms with Crippen LogP contribution in [0.15, 0.2) is 12.1 Å². The predicted octanol–water partition coefficient (Wildman–Crippen LogP) is 4.15. The zero-order valence-corrected chi connectivity index (χ0v) is 15.2. The molecule has 0 spiro atoms. The topological polar surface area (TPSA) is 32.3 Å². The van der Waals surface area contributed by atoms with E-state index in [9.17, 15) is 4.79 Å². The first-order valence-electron chi connectivity index (χ1n) is 7.67. The Kier molecular flexibility index (Phi) is 5.41. The summed E-state index contributed by atoms with van der Waals surface area (Å²) in [4.78, 5) is 15.1. The lowest BCUT2D eigenvalue weighted by molar-refractivity contribution is 0.0614. The van der Waals surface area contributed by atoms with Gasteiger partial charge in [-0.1, -0.05) is 44.0 Å². The van der Waals surface area contributed by atoms with Gasteiger partial charge in [0, 0.05) is 24.7 Å². The predicted molar refractivity (Wildman–Crippen MR) is 93.0 cm³/mol. The van der Waals surface area contributed by atoms with Gasteiger partial charge in [-0.25, -0.2) is 0 Å². The fourth-order valence-electron chi connectivity index (χ4n) is 2.82. The summed E-state index contributed by atoms with van der Waals surface area (Å²) in [6.45, 7) is 10.8. The maximum Gasteiger partial charge on any atom is 0.254 e. The number of amides is 1. The molecule has 1 saturated heterocycles. The summed E-state index contributed by atoms with van der Waals surface area (Å²) in [6, 6.07) is 3.72. The molecule has 0 bridgehead atoms. The van der Waals surface area contributed by atoms with Crippen LogP contribution in [0.5, 0.6) is 0 Å². The molecule has 1 aliphatic heterocycles. The third-order valence-corrected chi connectivity index (χ3v) is 4.85. The molecule has 0 aromatic heterocycles. The maximum atomic E-state index is 13.1. The summed E-state index contributed by atoms with van der Waals surface area (Å²) in [7, 11) is 0. The van der Waals surface area contributed by atoms with E-state index in [1.165, 1.54) is 0 Å². The number of halogens is 2. The molecular formula is C17H24Cl2N2O. The molecule has 0 aliphatic carbocycles. The van der Waals surface area contributed by atoms with E-state index < -0.39 is 0 Å². The van der Waals surface area contributed by atoms with Crippen molar-refractivity contribution in [3.05, 3.63) is 33.3 Å².